The van der Waals surface area contributed by atoms with E-state index in [9.17, 15) is 4.39 Å². The molecule has 0 aromatic heterocycles. The quantitative estimate of drug-likeness (QED) is 0.698. The minimum absolute atomic E-state index is 0.0504. The fourth-order valence-electron chi connectivity index (χ4n) is 1.77. The molecule has 0 spiro atoms. The summed E-state index contributed by atoms with van der Waals surface area (Å²) in [5.41, 5.74) is 1.74. The summed E-state index contributed by atoms with van der Waals surface area (Å²) in [5, 5.41) is 4.37. The van der Waals surface area contributed by atoms with Crippen LogP contribution in [0.2, 0.25) is 10.0 Å². The molecule has 0 aliphatic carbocycles. The molecular weight excluding hydrogens is 352 g/mol. The van der Waals surface area contributed by atoms with Crippen LogP contribution in [0.15, 0.2) is 40.9 Å². The number of nitrogens with one attached hydrogen (secondary N) is 1. The fraction of sp³-hybridized carbons (Fsp3) is 0.143. The third kappa shape index (κ3) is 3.62. The minimum Gasteiger partial charge on any atom is -0.378 e. The summed E-state index contributed by atoms with van der Waals surface area (Å²) in [7, 11) is 0. The van der Waals surface area contributed by atoms with Crippen molar-refractivity contribution in [2.45, 2.75) is 13.0 Å². The molecule has 0 radical (unpaired) electrons. The maximum atomic E-state index is 13.0. The van der Waals surface area contributed by atoms with E-state index < -0.39 is 0 Å². The topological polar surface area (TPSA) is 12.0 Å². The Kier molecular flexibility index (Phi) is 4.71. The first-order valence-corrected chi connectivity index (χ1v) is 7.19. The van der Waals surface area contributed by atoms with Gasteiger partial charge in [-0.25, -0.2) is 4.39 Å². The first kappa shape index (κ1) is 14.6. The van der Waals surface area contributed by atoms with Crippen LogP contribution in [-0.2, 0) is 0 Å². The highest BCUT2D eigenvalue weighted by Crippen LogP contribution is 2.31. The van der Waals surface area contributed by atoms with Crippen LogP contribution in [0.25, 0.3) is 0 Å². The van der Waals surface area contributed by atoms with Crippen LogP contribution in [0.5, 0.6) is 0 Å². The lowest BCUT2D eigenvalue weighted by Crippen LogP contribution is -2.07. The summed E-state index contributed by atoms with van der Waals surface area (Å²) in [6, 6.07) is 9.82. The Bertz CT molecular complexity index is 604. The zero-order valence-corrected chi connectivity index (χ0v) is 13.2. The van der Waals surface area contributed by atoms with Gasteiger partial charge in [-0.2, -0.15) is 0 Å². The summed E-state index contributed by atoms with van der Waals surface area (Å²) < 4.78 is 13.9. The van der Waals surface area contributed by atoms with Crippen molar-refractivity contribution < 1.29 is 4.39 Å². The molecule has 19 heavy (non-hydrogen) atoms. The van der Waals surface area contributed by atoms with Crippen LogP contribution in [0.1, 0.15) is 18.5 Å². The van der Waals surface area contributed by atoms with E-state index >= 15 is 0 Å². The molecule has 0 fully saturated rings. The predicted molar refractivity (Wildman–Crippen MR) is 82.6 cm³/mol. The highest BCUT2D eigenvalue weighted by molar-refractivity contribution is 9.10. The van der Waals surface area contributed by atoms with Gasteiger partial charge in [-0.3, -0.25) is 0 Å². The van der Waals surface area contributed by atoms with Crippen LogP contribution in [0.3, 0.4) is 0 Å². The Labute approximate surface area is 129 Å². The van der Waals surface area contributed by atoms with Gasteiger partial charge in [-0.15, -0.1) is 0 Å². The maximum Gasteiger partial charge on any atom is 0.124 e. The molecule has 0 amide bonds. The summed E-state index contributed by atoms with van der Waals surface area (Å²) >= 11 is 15.4. The summed E-state index contributed by atoms with van der Waals surface area (Å²) in [5.74, 6) is -0.339. The Balaban J connectivity index is 2.23. The Morgan fingerprint density at radius 1 is 1.16 bits per heavy atom. The number of anilines is 1. The summed E-state index contributed by atoms with van der Waals surface area (Å²) in [4.78, 5) is 0. The maximum absolute atomic E-state index is 13.0. The second-order valence-electron chi connectivity index (χ2n) is 4.16. The number of halogens is 4. The van der Waals surface area contributed by atoms with Crippen LogP contribution in [0, 0.1) is 5.82 Å². The highest BCUT2D eigenvalue weighted by atomic mass is 79.9. The van der Waals surface area contributed by atoms with Crippen molar-refractivity contribution in [3.63, 3.8) is 0 Å². The first-order chi connectivity index (χ1) is 8.97. The zero-order chi connectivity index (χ0) is 14.0. The van der Waals surface area contributed by atoms with E-state index in [1.165, 1.54) is 12.1 Å². The molecule has 2 aromatic rings. The Morgan fingerprint density at radius 2 is 1.89 bits per heavy atom. The molecule has 1 unspecified atom stereocenters. The van der Waals surface area contributed by atoms with E-state index in [0.29, 0.717) is 10.0 Å². The Morgan fingerprint density at radius 3 is 2.53 bits per heavy atom. The zero-order valence-electron chi connectivity index (χ0n) is 10.1. The number of rotatable bonds is 3. The monoisotopic (exact) mass is 361 g/mol. The second-order valence-corrected chi connectivity index (χ2v) is 5.85. The molecule has 1 nitrogen and oxygen atoms in total. The molecule has 2 aromatic carbocycles. The lowest BCUT2D eigenvalue weighted by Gasteiger charge is -2.18. The van der Waals surface area contributed by atoms with Gasteiger partial charge in [-0.1, -0.05) is 29.3 Å². The summed E-state index contributed by atoms with van der Waals surface area (Å²) in [6.07, 6.45) is 0. The molecule has 0 heterocycles. The van der Waals surface area contributed by atoms with Crippen molar-refractivity contribution in [2.24, 2.45) is 0 Å². The second kappa shape index (κ2) is 6.12. The third-order valence-electron chi connectivity index (χ3n) is 2.73. The van der Waals surface area contributed by atoms with Gasteiger partial charge in [0.25, 0.3) is 0 Å². The molecule has 100 valence electrons. The van der Waals surface area contributed by atoms with Gasteiger partial charge in [-0.05, 0) is 58.7 Å². The number of hydrogen-bond acceptors (Lipinski definition) is 1. The average molecular weight is 363 g/mol. The van der Waals surface area contributed by atoms with Gasteiger partial charge in [0, 0.05) is 20.2 Å². The van der Waals surface area contributed by atoms with Crippen molar-refractivity contribution in [3.05, 3.63) is 62.3 Å². The van der Waals surface area contributed by atoms with Gasteiger partial charge in [0.15, 0.2) is 0 Å². The molecule has 0 aliphatic heterocycles. The van der Waals surface area contributed by atoms with Crippen LogP contribution in [0.4, 0.5) is 10.1 Å². The molecular formula is C14H11BrCl2FN. The minimum atomic E-state index is -0.339. The SMILES string of the molecule is CC(Nc1ccc(Cl)cc1Br)c1ccc(F)cc1Cl. The van der Waals surface area contributed by atoms with E-state index in [4.69, 9.17) is 23.2 Å². The van der Waals surface area contributed by atoms with Gasteiger partial charge in [0.1, 0.15) is 5.82 Å². The van der Waals surface area contributed by atoms with E-state index in [1.54, 1.807) is 12.1 Å². The molecule has 0 aliphatic rings. The van der Waals surface area contributed by atoms with Gasteiger partial charge >= 0.3 is 0 Å². The van der Waals surface area contributed by atoms with Crippen LogP contribution < -0.4 is 5.32 Å². The van der Waals surface area contributed by atoms with E-state index in [-0.39, 0.29) is 11.9 Å². The smallest absolute Gasteiger partial charge is 0.124 e. The normalized spacial score (nSPS) is 12.3. The third-order valence-corrected chi connectivity index (χ3v) is 3.95. The molecule has 2 rings (SSSR count). The van der Waals surface area contributed by atoms with Crippen molar-refractivity contribution in [1.82, 2.24) is 0 Å². The average Bonchev–Trinajstić information content (AvgIpc) is 2.32. The van der Waals surface area contributed by atoms with Gasteiger partial charge in [0.05, 0.1) is 6.04 Å². The first-order valence-electron chi connectivity index (χ1n) is 5.64. The van der Waals surface area contributed by atoms with Crippen LogP contribution in [-0.4, -0.2) is 0 Å². The van der Waals surface area contributed by atoms with Crippen molar-refractivity contribution in [3.8, 4) is 0 Å². The van der Waals surface area contributed by atoms with Crippen molar-refractivity contribution in [2.75, 3.05) is 5.32 Å². The molecule has 0 saturated carbocycles. The number of hydrogen-bond donors (Lipinski definition) is 1. The fourth-order valence-corrected chi connectivity index (χ4v) is 2.90. The lowest BCUT2D eigenvalue weighted by atomic mass is 10.1. The molecule has 1 atom stereocenters. The molecule has 0 bridgehead atoms. The number of benzene rings is 2. The Hall–Kier alpha value is -0.770. The largest absolute Gasteiger partial charge is 0.378 e. The van der Waals surface area contributed by atoms with Gasteiger partial charge in [0.2, 0.25) is 0 Å². The van der Waals surface area contributed by atoms with Gasteiger partial charge < -0.3 is 5.32 Å². The highest BCUT2D eigenvalue weighted by Gasteiger charge is 2.11. The predicted octanol–water partition coefficient (Wildman–Crippen LogP) is 6.07. The summed E-state index contributed by atoms with van der Waals surface area (Å²) in [6.45, 7) is 1.96. The van der Waals surface area contributed by atoms with E-state index in [2.05, 4.69) is 21.2 Å². The molecule has 1 N–H and O–H groups in total. The van der Waals surface area contributed by atoms with Crippen molar-refractivity contribution in [1.29, 1.82) is 0 Å². The standard InChI is InChI=1S/C14H11BrCl2FN/c1-8(11-4-3-10(18)7-13(11)17)19-14-5-2-9(16)6-12(14)15/h2-8,19H,1H3. The molecule has 0 saturated heterocycles. The van der Waals surface area contributed by atoms with Crippen LogP contribution >= 0.6 is 39.1 Å². The van der Waals surface area contributed by atoms with E-state index in [1.807, 2.05) is 19.1 Å². The van der Waals surface area contributed by atoms with E-state index in [0.717, 1.165) is 15.7 Å². The lowest BCUT2D eigenvalue weighted by molar-refractivity contribution is 0.626. The van der Waals surface area contributed by atoms with Crippen molar-refractivity contribution >= 4 is 44.8 Å². The molecule has 5 heteroatoms.